The molecule has 5 heteroatoms. The molecule has 0 aromatic heterocycles. The van der Waals surface area contributed by atoms with Crippen LogP contribution in [0, 0.1) is 0 Å². The first-order chi connectivity index (χ1) is 11.4. The summed E-state index contributed by atoms with van der Waals surface area (Å²) in [7, 11) is 1.70. The Kier molecular flexibility index (Phi) is 6.67. The van der Waals surface area contributed by atoms with Crippen molar-refractivity contribution in [1.82, 2.24) is 4.90 Å². The Morgan fingerprint density at radius 1 is 1.08 bits per heavy atom. The van der Waals surface area contributed by atoms with Gasteiger partial charge in [0.1, 0.15) is 0 Å². The average Bonchev–Trinajstić information content (AvgIpc) is 2.61. The van der Waals surface area contributed by atoms with Crippen molar-refractivity contribution < 1.29 is 9.90 Å². The molecule has 128 valence electrons. The lowest BCUT2D eigenvalue weighted by molar-refractivity contribution is -0.139. The molecule has 0 aliphatic heterocycles. The number of carbonyl (C=O) groups excluding carboxylic acids is 1. The van der Waals surface area contributed by atoms with Gasteiger partial charge in [0.15, 0.2) is 6.10 Å². The molecule has 2 aromatic carbocycles. The molecule has 1 amide bonds. The van der Waals surface area contributed by atoms with Gasteiger partial charge in [-0.05, 0) is 29.7 Å². The molecule has 0 radical (unpaired) electrons. The number of benzene rings is 2. The van der Waals surface area contributed by atoms with Crippen LogP contribution in [0.4, 0.5) is 0 Å². The van der Waals surface area contributed by atoms with E-state index in [9.17, 15) is 9.90 Å². The Bertz CT molecular complexity index is 691. The minimum absolute atomic E-state index is 0.122. The molecule has 3 nitrogen and oxygen atoms in total. The molecule has 2 atom stereocenters. The van der Waals surface area contributed by atoms with E-state index in [1.54, 1.807) is 42.3 Å². The lowest BCUT2D eigenvalue weighted by atomic mass is 9.95. The zero-order valence-electron chi connectivity index (χ0n) is 13.7. The largest absolute Gasteiger partial charge is 0.378 e. The van der Waals surface area contributed by atoms with Gasteiger partial charge < -0.3 is 10.0 Å². The van der Waals surface area contributed by atoms with Crippen LogP contribution in [-0.4, -0.2) is 29.5 Å². The molecular formula is C19H21Cl2NO2. The Hall–Kier alpha value is -1.55. The van der Waals surface area contributed by atoms with E-state index in [-0.39, 0.29) is 11.8 Å². The Labute approximate surface area is 152 Å². The number of hydrogen-bond donors (Lipinski definition) is 1. The van der Waals surface area contributed by atoms with Crippen molar-refractivity contribution >= 4 is 29.1 Å². The van der Waals surface area contributed by atoms with Crippen LogP contribution in [-0.2, 0) is 4.79 Å². The van der Waals surface area contributed by atoms with Gasteiger partial charge in [-0.2, -0.15) is 0 Å². The quantitative estimate of drug-likeness (QED) is 0.807. The van der Waals surface area contributed by atoms with E-state index in [2.05, 4.69) is 6.92 Å². The van der Waals surface area contributed by atoms with Crippen molar-refractivity contribution in [2.75, 3.05) is 13.6 Å². The minimum atomic E-state index is -1.15. The monoisotopic (exact) mass is 365 g/mol. The molecule has 2 rings (SSSR count). The van der Waals surface area contributed by atoms with Crippen molar-refractivity contribution in [3.63, 3.8) is 0 Å². The van der Waals surface area contributed by atoms with Crippen molar-refractivity contribution in [3.05, 3.63) is 69.7 Å². The van der Waals surface area contributed by atoms with Crippen LogP contribution in [0.1, 0.15) is 36.5 Å². The smallest absolute Gasteiger partial charge is 0.255 e. The average molecular weight is 366 g/mol. The maximum atomic E-state index is 12.5. The molecule has 0 bridgehead atoms. The summed E-state index contributed by atoms with van der Waals surface area (Å²) >= 11 is 12.1. The van der Waals surface area contributed by atoms with E-state index in [4.69, 9.17) is 23.2 Å². The first kappa shape index (κ1) is 18.8. The third kappa shape index (κ3) is 4.50. The fourth-order valence-electron chi connectivity index (χ4n) is 2.64. The molecular weight excluding hydrogens is 345 g/mol. The lowest BCUT2D eigenvalue weighted by Gasteiger charge is -2.26. The second kappa shape index (κ2) is 8.52. The fraction of sp³-hybridized carbons (Fsp3) is 0.316. The normalized spacial score (nSPS) is 13.4. The molecule has 24 heavy (non-hydrogen) atoms. The van der Waals surface area contributed by atoms with Gasteiger partial charge in [-0.15, -0.1) is 0 Å². The van der Waals surface area contributed by atoms with Crippen LogP contribution in [0.25, 0.3) is 0 Å². The highest BCUT2D eigenvalue weighted by molar-refractivity contribution is 6.42. The highest BCUT2D eigenvalue weighted by atomic mass is 35.5. The molecule has 1 N–H and O–H groups in total. The van der Waals surface area contributed by atoms with Crippen molar-refractivity contribution in [1.29, 1.82) is 0 Å². The second-order valence-corrected chi connectivity index (χ2v) is 6.63. The molecule has 0 aliphatic carbocycles. The van der Waals surface area contributed by atoms with Gasteiger partial charge in [0.05, 0.1) is 10.0 Å². The highest BCUT2D eigenvalue weighted by Gasteiger charge is 2.23. The van der Waals surface area contributed by atoms with Crippen LogP contribution in [0.5, 0.6) is 0 Å². The Balaban J connectivity index is 2.09. The highest BCUT2D eigenvalue weighted by Crippen LogP contribution is 2.29. The number of carbonyl (C=O) groups is 1. The summed E-state index contributed by atoms with van der Waals surface area (Å²) in [5.41, 5.74) is 1.62. The molecule has 0 fully saturated rings. The van der Waals surface area contributed by atoms with Gasteiger partial charge in [-0.1, -0.05) is 66.5 Å². The number of likely N-dealkylation sites (N-methyl/N-ethyl adjacent to an activating group) is 1. The minimum Gasteiger partial charge on any atom is -0.378 e. The summed E-state index contributed by atoms with van der Waals surface area (Å²) in [5, 5.41) is 11.3. The van der Waals surface area contributed by atoms with Crippen LogP contribution in [0.2, 0.25) is 10.0 Å². The second-order valence-electron chi connectivity index (χ2n) is 5.81. The van der Waals surface area contributed by atoms with E-state index in [0.717, 1.165) is 12.0 Å². The number of aliphatic hydroxyl groups is 1. The molecule has 2 unspecified atom stereocenters. The lowest BCUT2D eigenvalue weighted by Crippen LogP contribution is -2.34. The molecule has 0 spiro atoms. The maximum absolute atomic E-state index is 12.5. The van der Waals surface area contributed by atoms with Gasteiger partial charge in [0, 0.05) is 19.5 Å². The molecule has 0 saturated carbocycles. The van der Waals surface area contributed by atoms with Gasteiger partial charge >= 0.3 is 0 Å². The third-order valence-corrected chi connectivity index (χ3v) is 4.87. The van der Waals surface area contributed by atoms with E-state index >= 15 is 0 Å². The van der Waals surface area contributed by atoms with E-state index < -0.39 is 6.10 Å². The molecule has 2 aromatic rings. The summed E-state index contributed by atoms with van der Waals surface area (Å²) in [4.78, 5) is 14.0. The van der Waals surface area contributed by atoms with E-state index in [1.165, 1.54) is 0 Å². The first-order valence-electron chi connectivity index (χ1n) is 7.87. The van der Waals surface area contributed by atoms with Gasteiger partial charge in [-0.3, -0.25) is 4.79 Å². The van der Waals surface area contributed by atoms with Gasteiger partial charge in [0.25, 0.3) is 5.91 Å². The molecule has 0 heterocycles. The van der Waals surface area contributed by atoms with Gasteiger partial charge in [-0.25, -0.2) is 0 Å². The number of amides is 1. The Morgan fingerprint density at radius 3 is 2.33 bits per heavy atom. The number of rotatable bonds is 6. The number of nitrogens with zero attached hydrogens (tertiary/aromatic N) is 1. The summed E-state index contributed by atoms with van der Waals surface area (Å²) in [6, 6.07) is 14.5. The summed E-state index contributed by atoms with van der Waals surface area (Å²) in [6.45, 7) is 2.55. The van der Waals surface area contributed by atoms with Crippen LogP contribution >= 0.6 is 23.2 Å². The van der Waals surface area contributed by atoms with Crippen molar-refractivity contribution in [2.24, 2.45) is 0 Å². The molecule has 0 aliphatic rings. The topological polar surface area (TPSA) is 40.5 Å². The predicted molar refractivity (Wildman–Crippen MR) is 98.5 cm³/mol. The van der Waals surface area contributed by atoms with Crippen LogP contribution in [0.15, 0.2) is 48.5 Å². The number of hydrogen-bond acceptors (Lipinski definition) is 2. The maximum Gasteiger partial charge on any atom is 0.255 e. The van der Waals surface area contributed by atoms with E-state index in [0.29, 0.717) is 22.2 Å². The molecule has 0 saturated heterocycles. The predicted octanol–water partition coefficient (Wildman–Crippen LogP) is 4.68. The zero-order chi connectivity index (χ0) is 17.7. The van der Waals surface area contributed by atoms with Crippen molar-refractivity contribution in [2.45, 2.75) is 25.4 Å². The number of aliphatic hydroxyl groups excluding tert-OH is 1. The fourth-order valence-corrected chi connectivity index (χ4v) is 2.95. The Morgan fingerprint density at radius 2 is 1.75 bits per heavy atom. The third-order valence-electron chi connectivity index (χ3n) is 4.13. The van der Waals surface area contributed by atoms with E-state index in [1.807, 2.05) is 18.2 Å². The number of halogens is 2. The van der Waals surface area contributed by atoms with Gasteiger partial charge in [0.2, 0.25) is 0 Å². The van der Waals surface area contributed by atoms with Crippen LogP contribution < -0.4 is 0 Å². The zero-order valence-corrected chi connectivity index (χ0v) is 15.3. The summed E-state index contributed by atoms with van der Waals surface area (Å²) < 4.78 is 0. The summed E-state index contributed by atoms with van der Waals surface area (Å²) in [6.07, 6.45) is -0.306. The SMILES string of the molecule is CCC(CN(C)C(=O)C(O)c1ccccc1)c1ccc(Cl)c(Cl)c1. The summed E-state index contributed by atoms with van der Waals surface area (Å²) in [5.74, 6) is -0.198. The van der Waals surface area contributed by atoms with Crippen LogP contribution in [0.3, 0.4) is 0 Å². The standard InChI is InChI=1S/C19H21Cl2NO2/c1-3-13(15-9-10-16(20)17(21)11-15)12-22(2)19(24)18(23)14-7-5-4-6-8-14/h4-11,13,18,23H,3,12H2,1-2H3. The van der Waals surface area contributed by atoms with Crippen molar-refractivity contribution in [3.8, 4) is 0 Å². The first-order valence-corrected chi connectivity index (χ1v) is 8.62.